The van der Waals surface area contributed by atoms with Crippen molar-refractivity contribution >= 4 is 44.9 Å². The summed E-state index contributed by atoms with van der Waals surface area (Å²) >= 11 is 0. The fourth-order valence-electron chi connectivity index (χ4n) is 3.92. The van der Waals surface area contributed by atoms with E-state index in [9.17, 15) is 33.0 Å². The van der Waals surface area contributed by atoms with Crippen LogP contribution in [-0.2, 0) is 24.5 Å². The fourth-order valence-corrected chi connectivity index (χ4v) is 4.78. The van der Waals surface area contributed by atoms with Crippen LogP contribution in [0.1, 0.15) is 39.8 Å². The minimum absolute atomic E-state index is 0.100. The molecule has 4 atom stereocenters. The maximum Gasteiger partial charge on any atom is 0.337 e. The molecule has 0 bridgehead atoms. The van der Waals surface area contributed by atoms with Gasteiger partial charge in [-0.25, -0.2) is 24.5 Å². The van der Waals surface area contributed by atoms with E-state index < -0.39 is 65.4 Å². The standard InChI is InChI=1S/C22H25N7O9S/c1-37-22(34)12-4-2-3-11(7-12)13(30)5-6-15(31)28-39(35,36)27-8-14-17(32)18(33)21(38-14)29-10-26-16-19(23)24-9-25-20(16)29/h2-4,7,9-10,14,17-18,21,27,32-33H,5-6,8H2,1H3,(H,28,31)(H2,23,24,25)/t14-,17-,18-,21-/m1/s1. The van der Waals surface area contributed by atoms with Crippen molar-refractivity contribution in [2.24, 2.45) is 0 Å². The lowest BCUT2D eigenvalue weighted by Crippen LogP contribution is -2.45. The molecule has 6 N–H and O–H groups in total. The summed E-state index contributed by atoms with van der Waals surface area (Å²) in [5.41, 5.74) is 6.56. The number of fused-ring (bicyclic) bond motifs is 1. The molecule has 4 rings (SSSR count). The number of methoxy groups -OCH3 is 1. The molecule has 39 heavy (non-hydrogen) atoms. The third-order valence-electron chi connectivity index (χ3n) is 5.91. The van der Waals surface area contributed by atoms with Gasteiger partial charge in [-0.15, -0.1) is 0 Å². The van der Waals surface area contributed by atoms with Crippen LogP contribution in [0.15, 0.2) is 36.9 Å². The zero-order valence-corrected chi connectivity index (χ0v) is 21.2. The number of ketones is 1. The lowest BCUT2D eigenvalue weighted by atomic mass is 10.0. The Labute approximate surface area is 221 Å². The van der Waals surface area contributed by atoms with Crippen molar-refractivity contribution < 1.29 is 42.5 Å². The first kappa shape index (κ1) is 28.0. The predicted molar refractivity (Wildman–Crippen MR) is 132 cm³/mol. The van der Waals surface area contributed by atoms with Crippen molar-refractivity contribution in [1.82, 2.24) is 29.0 Å². The number of rotatable bonds is 10. The normalized spacial score (nSPS) is 21.1. The van der Waals surface area contributed by atoms with Crippen molar-refractivity contribution in [3.05, 3.63) is 48.0 Å². The van der Waals surface area contributed by atoms with Crippen LogP contribution < -0.4 is 15.2 Å². The third kappa shape index (κ3) is 6.18. The van der Waals surface area contributed by atoms with E-state index in [0.29, 0.717) is 0 Å². The number of carbonyl (C=O) groups excluding carboxylic acids is 3. The van der Waals surface area contributed by atoms with Gasteiger partial charge in [-0.3, -0.25) is 14.2 Å². The van der Waals surface area contributed by atoms with Crippen LogP contribution in [0.2, 0.25) is 0 Å². The number of hydrogen-bond acceptors (Lipinski definition) is 13. The second-order valence-electron chi connectivity index (χ2n) is 8.50. The van der Waals surface area contributed by atoms with Gasteiger partial charge in [-0.2, -0.15) is 13.1 Å². The summed E-state index contributed by atoms with van der Waals surface area (Å²) < 4.78 is 40.1. The Kier molecular flexibility index (Phi) is 8.17. The maximum atomic E-state index is 12.4. The molecule has 0 radical (unpaired) electrons. The molecule has 3 heterocycles. The minimum atomic E-state index is -4.41. The SMILES string of the molecule is COC(=O)c1cccc(C(=O)CCC(=O)NS(=O)(=O)NC[C@H]2O[C@@H](n3cnc4c(N)ncnc43)[C@H](O)[C@@H]2O)c1. The van der Waals surface area contributed by atoms with E-state index in [1.165, 1.54) is 48.6 Å². The molecule has 1 aliphatic rings. The zero-order valence-electron chi connectivity index (χ0n) is 20.4. The number of nitrogen functional groups attached to an aromatic ring is 1. The van der Waals surface area contributed by atoms with Gasteiger partial charge in [-0.1, -0.05) is 12.1 Å². The quantitative estimate of drug-likeness (QED) is 0.139. The van der Waals surface area contributed by atoms with Crippen molar-refractivity contribution in [1.29, 1.82) is 0 Å². The van der Waals surface area contributed by atoms with Crippen LogP contribution in [0.5, 0.6) is 0 Å². The highest BCUT2D eigenvalue weighted by molar-refractivity contribution is 7.88. The number of ether oxygens (including phenoxy) is 2. The number of aromatic nitrogens is 4. The molecule has 0 saturated carbocycles. The highest BCUT2D eigenvalue weighted by atomic mass is 32.2. The number of nitrogens with two attached hydrogens (primary N) is 1. The van der Waals surface area contributed by atoms with Gasteiger partial charge in [-0.05, 0) is 12.1 Å². The van der Waals surface area contributed by atoms with Gasteiger partial charge < -0.3 is 25.4 Å². The number of aliphatic hydroxyl groups is 2. The third-order valence-corrected chi connectivity index (χ3v) is 6.95. The molecule has 208 valence electrons. The van der Waals surface area contributed by atoms with Crippen molar-refractivity contribution in [3.63, 3.8) is 0 Å². The average Bonchev–Trinajstić information content (AvgIpc) is 3.47. The number of carbonyl (C=O) groups is 3. The summed E-state index contributed by atoms with van der Waals surface area (Å²) in [6.07, 6.45) is -3.62. The minimum Gasteiger partial charge on any atom is -0.465 e. The van der Waals surface area contributed by atoms with E-state index in [-0.39, 0.29) is 34.5 Å². The van der Waals surface area contributed by atoms with Crippen LogP contribution >= 0.6 is 0 Å². The van der Waals surface area contributed by atoms with Gasteiger partial charge in [0, 0.05) is 24.9 Å². The first-order chi connectivity index (χ1) is 18.5. The number of imidazole rings is 1. The molecule has 1 saturated heterocycles. The van der Waals surface area contributed by atoms with Gasteiger partial charge in [0.05, 0.1) is 19.0 Å². The molecule has 0 spiro atoms. The Morgan fingerprint density at radius 2 is 1.87 bits per heavy atom. The van der Waals surface area contributed by atoms with Crippen LogP contribution in [0, 0.1) is 0 Å². The largest absolute Gasteiger partial charge is 0.465 e. The lowest BCUT2D eigenvalue weighted by Gasteiger charge is -2.16. The van der Waals surface area contributed by atoms with Crippen molar-refractivity contribution in [2.75, 3.05) is 19.4 Å². The van der Waals surface area contributed by atoms with Crippen LogP contribution in [-0.4, -0.2) is 87.8 Å². The number of esters is 1. The highest BCUT2D eigenvalue weighted by Crippen LogP contribution is 2.31. The number of Topliss-reactive ketones (excluding diaryl/α,β-unsaturated/α-hetero) is 1. The number of anilines is 1. The Morgan fingerprint density at radius 1 is 1.13 bits per heavy atom. The summed E-state index contributed by atoms with van der Waals surface area (Å²) in [5.74, 6) is -1.98. The van der Waals surface area contributed by atoms with E-state index in [2.05, 4.69) is 24.4 Å². The molecule has 0 unspecified atom stereocenters. The fraction of sp³-hybridized carbons (Fsp3) is 0.364. The predicted octanol–water partition coefficient (Wildman–Crippen LogP) is -1.57. The first-order valence-corrected chi connectivity index (χ1v) is 13.0. The van der Waals surface area contributed by atoms with Gasteiger partial charge >= 0.3 is 16.2 Å². The second-order valence-corrected chi connectivity index (χ2v) is 10.0. The molecular formula is C22H25N7O9S. The molecule has 17 heteroatoms. The van der Waals surface area contributed by atoms with Gasteiger partial charge in [0.25, 0.3) is 0 Å². The molecule has 3 aromatic rings. The number of amides is 1. The first-order valence-electron chi connectivity index (χ1n) is 11.5. The number of hydrogen-bond donors (Lipinski definition) is 5. The summed E-state index contributed by atoms with van der Waals surface area (Å²) in [6, 6.07) is 5.70. The monoisotopic (exact) mass is 563 g/mol. The Morgan fingerprint density at radius 3 is 2.62 bits per heavy atom. The number of nitrogens with zero attached hydrogens (tertiary/aromatic N) is 4. The molecule has 1 aliphatic heterocycles. The molecule has 16 nitrogen and oxygen atoms in total. The molecule has 1 aromatic carbocycles. The zero-order chi connectivity index (χ0) is 28.3. The van der Waals surface area contributed by atoms with E-state index in [4.69, 9.17) is 10.5 Å². The number of benzene rings is 1. The maximum absolute atomic E-state index is 12.4. The van der Waals surface area contributed by atoms with E-state index in [1.54, 1.807) is 4.72 Å². The molecule has 1 amide bonds. The number of nitrogens with one attached hydrogen (secondary N) is 2. The van der Waals surface area contributed by atoms with E-state index >= 15 is 0 Å². The van der Waals surface area contributed by atoms with E-state index in [0.717, 1.165) is 0 Å². The summed E-state index contributed by atoms with van der Waals surface area (Å²) in [5, 5.41) is 20.9. The molecule has 0 aliphatic carbocycles. The van der Waals surface area contributed by atoms with E-state index in [1.807, 2.05) is 0 Å². The van der Waals surface area contributed by atoms with Gasteiger partial charge in [0.15, 0.2) is 23.5 Å². The highest BCUT2D eigenvalue weighted by Gasteiger charge is 2.44. The van der Waals surface area contributed by atoms with Crippen LogP contribution in [0.4, 0.5) is 5.82 Å². The summed E-state index contributed by atoms with van der Waals surface area (Å²) in [7, 11) is -3.21. The Balaban J connectivity index is 1.30. The Hall–Kier alpha value is -4.03. The summed E-state index contributed by atoms with van der Waals surface area (Å²) in [4.78, 5) is 48.1. The smallest absolute Gasteiger partial charge is 0.337 e. The Bertz CT molecular complexity index is 1510. The number of aliphatic hydroxyl groups excluding tert-OH is 2. The molecular weight excluding hydrogens is 538 g/mol. The molecule has 2 aromatic heterocycles. The van der Waals surface area contributed by atoms with Crippen LogP contribution in [0.25, 0.3) is 11.2 Å². The molecule has 1 fully saturated rings. The van der Waals surface area contributed by atoms with Crippen molar-refractivity contribution in [3.8, 4) is 0 Å². The topological polar surface area (TPSA) is 238 Å². The summed E-state index contributed by atoms with van der Waals surface area (Å²) in [6.45, 7) is -0.500. The van der Waals surface area contributed by atoms with Crippen LogP contribution in [0.3, 0.4) is 0 Å². The lowest BCUT2D eigenvalue weighted by molar-refractivity contribution is -0.119. The van der Waals surface area contributed by atoms with Gasteiger partial charge in [0.2, 0.25) is 5.91 Å². The van der Waals surface area contributed by atoms with Gasteiger partial charge in [0.1, 0.15) is 30.2 Å². The van der Waals surface area contributed by atoms with Crippen molar-refractivity contribution in [2.45, 2.75) is 37.4 Å². The second kappa shape index (κ2) is 11.4. The average molecular weight is 564 g/mol.